The number of aromatic hydroxyl groups is 1. The number of pyridine rings is 2. The molecule has 4 aromatic rings. The standard InChI is InChI=1S/C33H38N6O3/c1-23(2)30-13-12-26(19-34-30)39(33(41)29-9-4-8-28-27(29)7-5-10-31(28)40)21-24-18-35-38(20-24)22-25-6-3-11-32(36-25)37-14-16-42-17-15-37/h3,5-7,10-13,18-20,23,29,40H,4,8-9,14-17,21-22H2,1-2H3. The van der Waals surface area contributed by atoms with Crippen LogP contribution in [0.3, 0.4) is 0 Å². The third-order valence-corrected chi connectivity index (χ3v) is 8.20. The van der Waals surface area contributed by atoms with Crippen LogP contribution in [0.1, 0.15) is 66.6 Å². The van der Waals surface area contributed by atoms with E-state index < -0.39 is 0 Å². The summed E-state index contributed by atoms with van der Waals surface area (Å²) in [4.78, 5) is 27.8. The van der Waals surface area contributed by atoms with Crippen molar-refractivity contribution in [3.63, 3.8) is 0 Å². The lowest BCUT2D eigenvalue weighted by molar-refractivity contribution is -0.120. The van der Waals surface area contributed by atoms with E-state index in [4.69, 9.17) is 9.72 Å². The van der Waals surface area contributed by atoms with Crippen LogP contribution in [-0.2, 0) is 29.0 Å². The lowest BCUT2D eigenvalue weighted by Crippen LogP contribution is -2.36. The third kappa shape index (κ3) is 6.01. The maximum Gasteiger partial charge on any atom is 0.234 e. The number of amides is 1. The molecule has 1 saturated heterocycles. The number of ether oxygens (including phenoxy) is 1. The highest BCUT2D eigenvalue weighted by Gasteiger charge is 2.32. The molecule has 6 rings (SSSR count). The van der Waals surface area contributed by atoms with E-state index in [0.717, 1.165) is 71.9 Å². The predicted octanol–water partition coefficient (Wildman–Crippen LogP) is 5.04. The molecular weight excluding hydrogens is 528 g/mol. The number of hydrogen-bond acceptors (Lipinski definition) is 7. The summed E-state index contributed by atoms with van der Waals surface area (Å²) in [5.41, 5.74) is 5.39. The second-order valence-electron chi connectivity index (χ2n) is 11.4. The van der Waals surface area contributed by atoms with Crippen LogP contribution in [0.2, 0.25) is 0 Å². The van der Waals surface area contributed by atoms with Gasteiger partial charge in [0.15, 0.2) is 0 Å². The van der Waals surface area contributed by atoms with E-state index in [0.29, 0.717) is 32.2 Å². The van der Waals surface area contributed by atoms with Crippen LogP contribution < -0.4 is 9.80 Å². The van der Waals surface area contributed by atoms with Gasteiger partial charge in [0.05, 0.1) is 56.0 Å². The van der Waals surface area contributed by atoms with Crippen molar-refractivity contribution < 1.29 is 14.6 Å². The van der Waals surface area contributed by atoms with Gasteiger partial charge in [-0.25, -0.2) is 4.98 Å². The normalized spacial score (nSPS) is 16.8. The lowest BCUT2D eigenvalue weighted by Gasteiger charge is -2.31. The number of phenols is 1. The number of carbonyl (C=O) groups is 1. The summed E-state index contributed by atoms with van der Waals surface area (Å²) in [6, 6.07) is 15.6. The van der Waals surface area contributed by atoms with Crippen molar-refractivity contribution in [1.82, 2.24) is 19.7 Å². The molecule has 218 valence electrons. The van der Waals surface area contributed by atoms with Gasteiger partial charge in [0.25, 0.3) is 0 Å². The average molecular weight is 567 g/mol. The first-order valence-electron chi connectivity index (χ1n) is 14.8. The van der Waals surface area contributed by atoms with Gasteiger partial charge in [-0.05, 0) is 66.6 Å². The molecule has 0 bridgehead atoms. The number of morpholine rings is 1. The van der Waals surface area contributed by atoms with Gasteiger partial charge in [0.2, 0.25) is 5.91 Å². The zero-order chi connectivity index (χ0) is 29.1. The molecule has 9 nitrogen and oxygen atoms in total. The van der Waals surface area contributed by atoms with Crippen LogP contribution in [0.25, 0.3) is 0 Å². The molecule has 1 aliphatic carbocycles. The SMILES string of the molecule is CC(C)c1ccc(N(Cc2cnn(Cc3cccc(N4CCOCC4)n3)c2)C(=O)C2CCCc3c(O)cccc32)cn1. The molecule has 1 amide bonds. The van der Waals surface area contributed by atoms with Crippen LogP contribution >= 0.6 is 0 Å². The average Bonchev–Trinajstić information content (AvgIpc) is 3.47. The van der Waals surface area contributed by atoms with Gasteiger partial charge in [0, 0.05) is 30.5 Å². The summed E-state index contributed by atoms with van der Waals surface area (Å²) in [6.07, 6.45) is 7.99. The Kier molecular flexibility index (Phi) is 8.19. The van der Waals surface area contributed by atoms with Crippen LogP contribution in [0, 0.1) is 0 Å². The first-order valence-corrected chi connectivity index (χ1v) is 14.8. The number of benzene rings is 1. The minimum absolute atomic E-state index is 0.00766. The van der Waals surface area contributed by atoms with Gasteiger partial charge in [-0.3, -0.25) is 14.5 Å². The summed E-state index contributed by atoms with van der Waals surface area (Å²) in [6.45, 7) is 8.22. The monoisotopic (exact) mass is 566 g/mol. The zero-order valence-electron chi connectivity index (χ0n) is 24.3. The molecule has 0 saturated carbocycles. The number of rotatable bonds is 8. The Hall–Kier alpha value is -4.24. The van der Waals surface area contributed by atoms with Gasteiger partial charge in [-0.1, -0.05) is 32.0 Å². The molecule has 1 atom stereocenters. The highest BCUT2D eigenvalue weighted by atomic mass is 16.5. The van der Waals surface area contributed by atoms with Gasteiger partial charge in [0.1, 0.15) is 11.6 Å². The maximum atomic E-state index is 14.2. The molecule has 2 aliphatic rings. The van der Waals surface area contributed by atoms with E-state index in [9.17, 15) is 9.90 Å². The number of nitrogens with zero attached hydrogens (tertiary/aromatic N) is 6. The Labute approximate surface area is 246 Å². The second kappa shape index (κ2) is 12.3. The Morgan fingerprint density at radius 3 is 2.71 bits per heavy atom. The second-order valence-corrected chi connectivity index (χ2v) is 11.4. The zero-order valence-corrected chi connectivity index (χ0v) is 24.3. The molecule has 42 heavy (non-hydrogen) atoms. The number of phenolic OH excluding ortho intramolecular Hbond substituents is 1. The molecule has 0 radical (unpaired) electrons. The van der Waals surface area contributed by atoms with Crippen LogP contribution in [-0.4, -0.2) is 57.1 Å². The molecule has 4 heterocycles. The van der Waals surface area contributed by atoms with Gasteiger partial charge >= 0.3 is 0 Å². The van der Waals surface area contributed by atoms with Crippen molar-refractivity contribution >= 4 is 17.4 Å². The number of anilines is 2. The topological polar surface area (TPSA) is 96.6 Å². The number of hydrogen-bond donors (Lipinski definition) is 1. The van der Waals surface area contributed by atoms with Crippen molar-refractivity contribution in [3.8, 4) is 5.75 Å². The van der Waals surface area contributed by atoms with Crippen LogP contribution in [0.5, 0.6) is 5.75 Å². The molecule has 1 aromatic carbocycles. The largest absolute Gasteiger partial charge is 0.508 e. The van der Waals surface area contributed by atoms with Crippen molar-refractivity contribution in [2.75, 3.05) is 36.1 Å². The minimum Gasteiger partial charge on any atom is -0.508 e. The fraction of sp³-hybridized carbons (Fsp3) is 0.394. The molecule has 0 spiro atoms. The molecule has 1 fully saturated rings. The van der Waals surface area contributed by atoms with E-state index in [1.807, 2.05) is 64.4 Å². The number of fused-ring (bicyclic) bond motifs is 1. The van der Waals surface area contributed by atoms with Crippen molar-refractivity contribution in [2.45, 2.75) is 58.0 Å². The van der Waals surface area contributed by atoms with Crippen LogP contribution in [0.4, 0.5) is 11.5 Å². The molecule has 1 unspecified atom stereocenters. The van der Waals surface area contributed by atoms with Crippen molar-refractivity contribution in [2.24, 2.45) is 0 Å². The Bertz CT molecular complexity index is 1530. The highest BCUT2D eigenvalue weighted by molar-refractivity contribution is 5.98. The highest BCUT2D eigenvalue weighted by Crippen LogP contribution is 2.38. The minimum atomic E-state index is -0.326. The van der Waals surface area contributed by atoms with Gasteiger partial charge < -0.3 is 19.6 Å². The van der Waals surface area contributed by atoms with Crippen LogP contribution in [0.15, 0.2) is 67.1 Å². The molecule has 3 aromatic heterocycles. The fourth-order valence-electron chi connectivity index (χ4n) is 5.92. The van der Waals surface area contributed by atoms with E-state index in [-0.39, 0.29) is 17.6 Å². The third-order valence-electron chi connectivity index (χ3n) is 8.20. The van der Waals surface area contributed by atoms with E-state index in [1.165, 1.54) is 0 Å². The van der Waals surface area contributed by atoms with Gasteiger partial charge in [-0.15, -0.1) is 0 Å². The van der Waals surface area contributed by atoms with E-state index in [2.05, 4.69) is 28.8 Å². The Balaban J connectivity index is 1.24. The summed E-state index contributed by atoms with van der Waals surface area (Å²) in [5, 5.41) is 15.1. The Morgan fingerprint density at radius 1 is 1.10 bits per heavy atom. The number of carbonyl (C=O) groups excluding carboxylic acids is 1. The van der Waals surface area contributed by atoms with Crippen molar-refractivity contribution in [3.05, 3.63) is 95.2 Å². The lowest BCUT2D eigenvalue weighted by atomic mass is 9.81. The first kappa shape index (κ1) is 27.9. The molecule has 1 N–H and O–H groups in total. The quantitative estimate of drug-likeness (QED) is 0.319. The fourth-order valence-corrected chi connectivity index (χ4v) is 5.92. The molecule has 1 aliphatic heterocycles. The molecular formula is C33H38N6O3. The van der Waals surface area contributed by atoms with E-state index >= 15 is 0 Å². The number of aromatic nitrogens is 4. The Morgan fingerprint density at radius 2 is 1.93 bits per heavy atom. The van der Waals surface area contributed by atoms with Gasteiger partial charge in [-0.2, -0.15) is 5.10 Å². The summed E-state index contributed by atoms with van der Waals surface area (Å²) in [5.74, 6) is 1.20. The predicted molar refractivity (Wildman–Crippen MR) is 162 cm³/mol. The van der Waals surface area contributed by atoms with E-state index in [1.54, 1.807) is 12.3 Å². The first-order chi connectivity index (χ1) is 20.5. The smallest absolute Gasteiger partial charge is 0.234 e. The summed E-state index contributed by atoms with van der Waals surface area (Å²) < 4.78 is 7.35. The summed E-state index contributed by atoms with van der Waals surface area (Å²) in [7, 11) is 0. The molecule has 9 heteroatoms. The van der Waals surface area contributed by atoms with Crippen molar-refractivity contribution in [1.29, 1.82) is 0 Å². The maximum absolute atomic E-state index is 14.2. The summed E-state index contributed by atoms with van der Waals surface area (Å²) >= 11 is 0.